The summed E-state index contributed by atoms with van der Waals surface area (Å²) in [4.78, 5) is 4.76. The van der Waals surface area contributed by atoms with Gasteiger partial charge in [0, 0.05) is 37.9 Å². The van der Waals surface area contributed by atoms with Crippen LogP contribution in [0.15, 0.2) is 48.5 Å². The van der Waals surface area contributed by atoms with Crippen molar-refractivity contribution in [3.63, 3.8) is 0 Å². The summed E-state index contributed by atoms with van der Waals surface area (Å²) in [5.41, 5.74) is 2.92. The van der Waals surface area contributed by atoms with Crippen molar-refractivity contribution in [2.75, 3.05) is 31.1 Å². The highest BCUT2D eigenvalue weighted by molar-refractivity contribution is 5.85. The zero-order valence-corrected chi connectivity index (χ0v) is 18.2. The summed E-state index contributed by atoms with van der Waals surface area (Å²) in [6, 6.07) is 14.7. The number of alkyl halides is 3. The molecule has 0 unspecified atom stereocenters. The zero-order valence-electron chi connectivity index (χ0n) is 17.4. The van der Waals surface area contributed by atoms with Gasteiger partial charge in [0.15, 0.2) is 0 Å². The van der Waals surface area contributed by atoms with Gasteiger partial charge < -0.3 is 9.64 Å². The molecule has 2 heterocycles. The fraction of sp³-hybridized carbons (Fsp3) is 0.500. The van der Waals surface area contributed by atoms with Gasteiger partial charge in [-0.15, -0.1) is 12.4 Å². The summed E-state index contributed by atoms with van der Waals surface area (Å²) in [7, 11) is 0. The molecule has 168 valence electrons. The normalized spacial score (nSPS) is 26.5. The van der Waals surface area contributed by atoms with Gasteiger partial charge in [0.05, 0.1) is 17.8 Å². The van der Waals surface area contributed by atoms with Gasteiger partial charge in [-0.25, -0.2) is 0 Å². The van der Waals surface area contributed by atoms with Crippen molar-refractivity contribution in [3.05, 3.63) is 65.2 Å². The lowest BCUT2D eigenvalue weighted by molar-refractivity contribution is -0.137. The first-order valence-corrected chi connectivity index (χ1v) is 10.8. The topological polar surface area (TPSA) is 15.7 Å². The molecule has 3 nitrogen and oxygen atoms in total. The molecule has 3 aliphatic rings. The van der Waals surface area contributed by atoms with Gasteiger partial charge in [0.1, 0.15) is 0 Å². The molecule has 1 saturated carbocycles. The largest absolute Gasteiger partial charge is 0.416 e. The molecule has 0 atom stereocenters. The number of anilines is 1. The van der Waals surface area contributed by atoms with Crippen LogP contribution in [0.3, 0.4) is 0 Å². The SMILES string of the molecule is Cl.FC(F)(F)c1ccc(N2CCN(C3CCC4(CC3)OCc3ccccc34)CC2)cc1. The van der Waals surface area contributed by atoms with Gasteiger partial charge in [0.2, 0.25) is 0 Å². The molecule has 0 N–H and O–H groups in total. The van der Waals surface area contributed by atoms with Crippen LogP contribution < -0.4 is 4.90 Å². The van der Waals surface area contributed by atoms with Crippen LogP contribution >= 0.6 is 12.4 Å². The Morgan fingerprint density at radius 2 is 1.52 bits per heavy atom. The molecule has 1 saturated heterocycles. The van der Waals surface area contributed by atoms with Crippen LogP contribution in [0.25, 0.3) is 0 Å². The van der Waals surface area contributed by atoms with Crippen LogP contribution in [0.2, 0.25) is 0 Å². The third kappa shape index (κ3) is 4.30. The van der Waals surface area contributed by atoms with Crippen LogP contribution in [-0.2, 0) is 23.1 Å². The van der Waals surface area contributed by atoms with E-state index in [1.807, 2.05) is 0 Å². The molecule has 0 radical (unpaired) electrons. The fourth-order valence-electron chi connectivity index (χ4n) is 5.44. The highest BCUT2D eigenvalue weighted by atomic mass is 35.5. The van der Waals surface area contributed by atoms with Gasteiger partial charge in [-0.1, -0.05) is 24.3 Å². The van der Waals surface area contributed by atoms with Crippen molar-refractivity contribution in [1.82, 2.24) is 4.90 Å². The third-order valence-corrected chi connectivity index (χ3v) is 7.17. The highest BCUT2D eigenvalue weighted by Gasteiger charge is 2.43. The molecule has 31 heavy (non-hydrogen) atoms. The zero-order chi connectivity index (χ0) is 20.8. The Balaban J connectivity index is 0.00000231. The number of hydrogen-bond acceptors (Lipinski definition) is 3. The van der Waals surface area contributed by atoms with Crippen molar-refractivity contribution in [3.8, 4) is 0 Å². The maximum Gasteiger partial charge on any atom is 0.416 e. The number of piperazine rings is 1. The molecule has 0 aromatic heterocycles. The second-order valence-corrected chi connectivity index (χ2v) is 8.74. The molecule has 1 spiro atoms. The molecule has 7 heteroatoms. The lowest BCUT2D eigenvalue weighted by Gasteiger charge is -2.45. The predicted molar refractivity (Wildman–Crippen MR) is 118 cm³/mol. The van der Waals surface area contributed by atoms with Crippen LogP contribution in [0.4, 0.5) is 18.9 Å². The number of ether oxygens (including phenoxy) is 1. The van der Waals surface area contributed by atoms with E-state index in [1.165, 1.54) is 23.3 Å². The Morgan fingerprint density at radius 1 is 0.871 bits per heavy atom. The number of fused-ring (bicyclic) bond motifs is 2. The van der Waals surface area contributed by atoms with Crippen molar-refractivity contribution in [2.45, 2.75) is 50.1 Å². The molecule has 2 aromatic rings. The van der Waals surface area contributed by atoms with E-state index in [1.54, 1.807) is 12.1 Å². The smallest absolute Gasteiger partial charge is 0.369 e. The first-order chi connectivity index (χ1) is 14.4. The lowest BCUT2D eigenvalue weighted by Crippen LogP contribution is -2.52. The van der Waals surface area contributed by atoms with E-state index < -0.39 is 11.7 Å². The van der Waals surface area contributed by atoms with Gasteiger partial charge in [0.25, 0.3) is 0 Å². The van der Waals surface area contributed by atoms with E-state index in [4.69, 9.17) is 4.74 Å². The van der Waals surface area contributed by atoms with Crippen molar-refractivity contribution in [1.29, 1.82) is 0 Å². The van der Waals surface area contributed by atoms with E-state index in [2.05, 4.69) is 34.1 Å². The third-order valence-electron chi connectivity index (χ3n) is 7.17. The predicted octanol–water partition coefficient (Wildman–Crippen LogP) is 5.62. The average molecular weight is 453 g/mol. The first kappa shape index (κ1) is 22.4. The summed E-state index contributed by atoms with van der Waals surface area (Å²) in [6.07, 6.45) is 0.115. The molecule has 0 bridgehead atoms. The average Bonchev–Trinajstić information content (AvgIpc) is 3.12. The second kappa shape index (κ2) is 8.64. The fourth-order valence-corrected chi connectivity index (χ4v) is 5.44. The Hall–Kier alpha value is -1.76. The number of halogens is 4. The van der Waals surface area contributed by atoms with Crippen LogP contribution in [0.5, 0.6) is 0 Å². The summed E-state index contributed by atoms with van der Waals surface area (Å²) < 4.78 is 44.6. The van der Waals surface area contributed by atoms with E-state index in [0.29, 0.717) is 6.04 Å². The minimum absolute atomic E-state index is 0. The minimum atomic E-state index is -4.28. The number of rotatable bonds is 2. The molecule has 2 fully saturated rings. The van der Waals surface area contributed by atoms with Gasteiger partial charge in [-0.2, -0.15) is 13.2 Å². The Kier molecular flexibility index (Phi) is 6.25. The van der Waals surface area contributed by atoms with E-state index in [9.17, 15) is 13.2 Å². The van der Waals surface area contributed by atoms with E-state index >= 15 is 0 Å². The Bertz CT molecular complexity index is 886. The molecule has 2 aromatic carbocycles. The van der Waals surface area contributed by atoms with Gasteiger partial charge in [-0.05, 0) is 61.1 Å². The minimum Gasteiger partial charge on any atom is -0.369 e. The summed E-state index contributed by atoms with van der Waals surface area (Å²) in [5.74, 6) is 0. The van der Waals surface area contributed by atoms with E-state index in [0.717, 1.165) is 64.2 Å². The molecule has 5 rings (SSSR count). The van der Waals surface area contributed by atoms with Crippen LogP contribution in [-0.4, -0.2) is 37.1 Å². The summed E-state index contributed by atoms with van der Waals surface area (Å²) in [6.45, 7) is 4.34. The quantitative estimate of drug-likeness (QED) is 0.588. The molecular weight excluding hydrogens is 425 g/mol. The monoisotopic (exact) mass is 452 g/mol. The van der Waals surface area contributed by atoms with Crippen molar-refractivity contribution < 1.29 is 17.9 Å². The van der Waals surface area contributed by atoms with Gasteiger partial charge >= 0.3 is 6.18 Å². The van der Waals surface area contributed by atoms with Gasteiger partial charge in [-0.3, -0.25) is 4.90 Å². The lowest BCUT2D eigenvalue weighted by atomic mass is 9.77. The number of benzene rings is 2. The molecule has 2 aliphatic heterocycles. The van der Waals surface area contributed by atoms with Crippen LogP contribution in [0.1, 0.15) is 42.4 Å². The Morgan fingerprint density at radius 3 is 2.16 bits per heavy atom. The number of nitrogens with zero attached hydrogens (tertiary/aromatic N) is 2. The van der Waals surface area contributed by atoms with Crippen LogP contribution in [0, 0.1) is 0 Å². The maximum atomic E-state index is 12.8. The van der Waals surface area contributed by atoms with Crippen molar-refractivity contribution >= 4 is 18.1 Å². The molecule has 1 aliphatic carbocycles. The number of hydrogen-bond donors (Lipinski definition) is 0. The molecule has 0 amide bonds. The first-order valence-electron chi connectivity index (χ1n) is 10.8. The van der Waals surface area contributed by atoms with Crippen molar-refractivity contribution in [2.24, 2.45) is 0 Å². The Labute approximate surface area is 187 Å². The molecular formula is C24H28ClF3N2O. The summed E-state index contributed by atoms with van der Waals surface area (Å²) >= 11 is 0. The highest BCUT2D eigenvalue weighted by Crippen LogP contribution is 2.47. The second-order valence-electron chi connectivity index (χ2n) is 8.74. The maximum absolute atomic E-state index is 12.8. The standard InChI is InChI=1S/C24H27F3N2O.ClH/c25-24(26,27)19-5-7-20(8-6-19)28-13-15-29(16-14-28)21-9-11-23(12-10-21)22-4-2-1-3-18(22)17-30-23;/h1-8,21H,9-17H2;1H. The summed E-state index contributed by atoms with van der Waals surface area (Å²) in [5, 5.41) is 0. The van der Waals surface area contributed by atoms with E-state index in [-0.39, 0.29) is 18.0 Å².